The lowest BCUT2D eigenvalue weighted by Gasteiger charge is -2.33. The molecule has 11 heteroatoms. The predicted molar refractivity (Wildman–Crippen MR) is 211 cm³/mol. The van der Waals surface area contributed by atoms with E-state index >= 15 is 0 Å². The Morgan fingerprint density at radius 2 is 1.27 bits per heavy atom. The van der Waals surface area contributed by atoms with Crippen molar-refractivity contribution in [3.8, 4) is 11.1 Å². The molecule has 2 aromatic heterocycles. The number of anilines is 2. The van der Waals surface area contributed by atoms with E-state index in [0.29, 0.717) is 54.1 Å². The van der Waals surface area contributed by atoms with Gasteiger partial charge in [0, 0.05) is 49.9 Å². The number of hydrogen-bond acceptors (Lipinski definition) is 8. The Morgan fingerprint density at radius 3 is 1.76 bits per heavy atom. The minimum atomic E-state index is -0.780. The number of carbonyl (C=O) groups excluding carboxylic acids is 2. The van der Waals surface area contributed by atoms with Crippen molar-refractivity contribution in [1.29, 1.82) is 0 Å². The molecule has 2 aliphatic heterocycles. The van der Waals surface area contributed by atoms with Crippen molar-refractivity contribution in [2.45, 2.75) is 102 Å². The van der Waals surface area contributed by atoms with Crippen molar-refractivity contribution in [1.82, 2.24) is 19.8 Å². The number of aliphatic hydroxyl groups is 1. The molecule has 2 aliphatic carbocycles. The SMILES string of the molecule is Cc1c(NC(=O)c2cc(C3CC3)c(CN3CC[C@@H](O)C3)cn2)cccc1-c1cccc(NC(=O)c2cc(C3CC3)c(CN3CCCC[C@H]3C(=O)O)cn2)c1C. The van der Waals surface area contributed by atoms with Gasteiger partial charge in [0.2, 0.25) is 0 Å². The van der Waals surface area contributed by atoms with E-state index in [2.05, 4.69) is 25.5 Å². The zero-order valence-electron chi connectivity index (χ0n) is 31.7. The Labute approximate surface area is 322 Å². The maximum atomic E-state index is 13.7. The maximum absolute atomic E-state index is 13.7. The molecule has 0 spiro atoms. The highest BCUT2D eigenvalue weighted by molar-refractivity contribution is 6.05. The summed E-state index contributed by atoms with van der Waals surface area (Å²) < 4.78 is 0. The van der Waals surface area contributed by atoms with Crippen LogP contribution in [0.3, 0.4) is 0 Å². The van der Waals surface area contributed by atoms with Gasteiger partial charge in [0.05, 0.1) is 6.10 Å². The highest BCUT2D eigenvalue weighted by atomic mass is 16.4. The largest absolute Gasteiger partial charge is 0.480 e. The molecule has 8 rings (SSSR count). The number of aliphatic hydroxyl groups excluding tert-OH is 1. The lowest BCUT2D eigenvalue weighted by Crippen LogP contribution is -2.44. The number of β-amino-alcohol motifs (C(OH)–C–C–N with tert-alkyl or cyclic N) is 1. The van der Waals surface area contributed by atoms with Crippen LogP contribution >= 0.6 is 0 Å². The van der Waals surface area contributed by atoms with Crippen molar-refractivity contribution in [2.75, 3.05) is 30.3 Å². The van der Waals surface area contributed by atoms with Crippen LogP contribution in [-0.2, 0) is 17.9 Å². The van der Waals surface area contributed by atoms with E-state index in [1.807, 2.05) is 73.5 Å². The Hall–Kier alpha value is -4.97. The minimum Gasteiger partial charge on any atom is -0.480 e. The minimum absolute atomic E-state index is 0.259. The fourth-order valence-electron chi connectivity index (χ4n) is 8.43. The lowest BCUT2D eigenvalue weighted by molar-refractivity contribution is -0.144. The number of likely N-dealkylation sites (tertiary alicyclic amines) is 2. The number of amides is 2. The zero-order valence-corrected chi connectivity index (χ0v) is 31.7. The van der Waals surface area contributed by atoms with Gasteiger partial charge in [0.15, 0.2) is 0 Å². The van der Waals surface area contributed by atoms with Crippen LogP contribution in [-0.4, -0.2) is 79.5 Å². The van der Waals surface area contributed by atoms with Crippen LogP contribution < -0.4 is 10.6 Å². The summed E-state index contributed by atoms with van der Waals surface area (Å²) in [5.74, 6) is -0.520. The molecule has 4 N–H and O–H groups in total. The monoisotopic (exact) mass is 742 g/mol. The first-order valence-corrected chi connectivity index (χ1v) is 19.8. The third kappa shape index (κ3) is 8.20. The molecular formula is C44H50N6O5. The summed E-state index contributed by atoms with van der Waals surface area (Å²) in [6.07, 6.45) is 11.0. The highest BCUT2D eigenvalue weighted by Crippen LogP contribution is 2.43. The molecule has 286 valence electrons. The molecule has 11 nitrogen and oxygen atoms in total. The van der Waals surface area contributed by atoms with E-state index in [9.17, 15) is 24.6 Å². The van der Waals surface area contributed by atoms with Gasteiger partial charge in [-0.2, -0.15) is 0 Å². The molecule has 2 saturated heterocycles. The number of nitrogens with zero attached hydrogens (tertiary/aromatic N) is 4. The van der Waals surface area contributed by atoms with Gasteiger partial charge in [-0.05, 0) is 146 Å². The van der Waals surface area contributed by atoms with Crippen LogP contribution in [0.4, 0.5) is 11.4 Å². The second-order valence-corrected chi connectivity index (χ2v) is 15.9. The van der Waals surface area contributed by atoms with Crippen molar-refractivity contribution in [3.63, 3.8) is 0 Å². The van der Waals surface area contributed by atoms with Crippen LogP contribution in [0.25, 0.3) is 11.1 Å². The Bertz CT molecular complexity index is 2130. The zero-order chi connectivity index (χ0) is 38.2. The standard InChI is InChI=1S/C44H50N6O5/c1-26-33(7-5-9-37(26)47-42(52)39-19-35(28-12-13-28)30(21-45-39)23-49-18-16-32(51)25-49)34-8-6-10-38(27(34)2)48-43(53)40-20-36(29-14-15-29)31(22-46-40)24-50-17-4-3-11-41(50)44(54)55/h5-10,19-22,28-29,32,41,51H,3-4,11-18,23-25H2,1-2H3,(H,47,52)(H,48,53)(H,54,55)/t32-,41+/m1/s1. The molecule has 0 radical (unpaired) electrons. The molecule has 4 aromatic rings. The number of carbonyl (C=O) groups is 3. The Balaban J connectivity index is 0.978. The van der Waals surface area contributed by atoms with Crippen LogP contribution in [0.5, 0.6) is 0 Å². The number of aliphatic carboxylic acids is 1. The second-order valence-electron chi connectivity index (χ2n) is 15.9. The molecule has 2 aromatic carbocycles. The highest BCUT2D eigenvalue weighted by Gasteiger charge is 2.33. The predicted octanol–water partition coefficient (Wildman–Crippen LogP) is 7.03. The number of piperidine rings is 1. The molecule has 2 saturated carbocycles. The van der Waals surface area contributed by atoms with Gasteiger partial charge in [-0.15, -0.1) is 0 Å². The summed E-state index contributed by atoms with van der Waals surface area (Å²) in [4.78, 5) is 52.7. The van der Waals surface area contributed by atoms with Gasteiger partial charge in [0.1, 0.15) is 17.4 Å². The molecule has 2 atom stereocenters. The molecule has 4 aliphatic rings. The first kappa shape index (κ1) is 37.0. The number of aromatic nitrogens is 2. The van der Waals surface area contributed by atoms with E-state index in [1.165, 1.54) is 5.56 Å². The molecule has 2 amide bonds. The van der Waals surface area contributed by atoms with Gasteiger partial charge in [-0.1, -0.05) is 30.7 Å². The third-order valence-electron chi connectivity index (χ3n) is 11.9. The fraction of sp³-hybridized carbons (Fsp3) is 0.432. The quantitative estimate of drug-likeness (QED) is 0.120. The van der Waals surface area contributed by atoms with Crippen LogP contribution in [0.2, 0.25) is 0 Å². The molecule has 55 heavy (non-hydrogen) atoms. The van der Waals surface area contributed by atoms with E-state index in [0.717, 1.165) is 104 Å². The second kappa shape index (κ2) is 15.6. The van der Waals surface area contributed by atoms with Gasteiger partial charge >= 0.3 is 5.97 Å². The lowest BCUT2D eigenvalue weighted by atomic mass is 9.94. The Kier molecular flexibility index (Phi) is 10.5. The average molecular weight is 743 g/mol. The number of nitrogens with one attached hydrogen (secondary N) is 2. The first-order chi connectivity index (χ1) is 26.6. The topological polar surface area (TPSA) is 148 Å². The van der Waals surface area contributed by atoms with Crippen molar-refractivity contribution in [2.24, 2.45) is 0 Å². The van der Waals surface area contributed by atoms with E-state index < -0.39 is 12.0 Å². The third-order valence-corrected chi connectivity index (χ3v) is 11.9. The Morgan fingerprint density at radius 1 is 0.727 bits per heavy atom. The van der Waals surface area contributed by atoms with E-state index in [-0.39, 0.29) is 17.9 Å². The van der Waals surface area contributed by atoms with Crippen molar-refractivity contribution in [3.05, 3.63) is 106 Å². The van der Waals surface area contributed by atoms with Crippen LogP contribution in [0.1, 0.15) is 118 Å². The molecule has 4 heterocycles. The van der Waals surface area contributed by atoms with Crippen molar-refractivity contribution < 1.29 is 24.6 Å². The summed E-state index contributed by atoms with van der Waals surface area (Å²) in [5, 5.41) is 26.0. The fourth-order valence-corrected chi connectivity index (χ4v) is 8.43. The number of rotatable bonds is 12. The molecular weight excluding hydrogens is 693 g/mol. The maximum Gasteiger partial charge on any atom is 0.320 e. The first-order valence-electron chi connectivity index (χ1n) is 19.8. The summed E-state index contributed by atoms with van der Waals surface area (Å²) in [7, 11) is 0. The van der Waals surface area contributed by atoms with Crippen LogP contribution in [0, 0.1) is 13.8 Å². The summed E-state index contributed by atoms with van der Waals surface area (Å²) in [6, 6.07) is 15.0. The molecule has 0 unspecified atom stereocenters. The van der Waals surface area contributed by atoms with Crippen molar-refractivity contribution >= 4 is 29.2 Å². The molecule has 4 fully saturated rings. The smallest absolute Gasteiger partial charge is 0.320 e. The van der Waals surface area contributed by atoms with Gasteiger partial charge in [-0.25, -0.2) is 0 Å². The number of benzene rings is 2. The van der Waals surface area contributed by atoms with Gasteiger partial charge in [-0.3, -0.25) is 34.2 Å². The molecule has 0 bridgehead atoms. The number of carboxylic acid groups (broad SMARTS) is 1. The van der Waals surface area contributed by atoms with E-state index in [4.69, 9.17) is 0 Å². The van der Waals surface area contributed by atoms with Gasteiger partial charge < -0.3 is 20.8 Å². The van der Waals surface area contributed by atoms with E-state index in [1.54, 1.807) is 6.20 Å². The van der Waals surface area contributed by atoms with Gasteiger partial charge in [0.25, 0.3) is 11.8 Å². The number of pyridine rings is 2. The average Bonchev–Trinajstić information content (AvgIpc) is 4.12. The summed E-state index contributed by atoms with van der Waals surface area (Å²) >= 11 is 0. The summed E-state index contributed by atoms with van der Waals surface area (Å²) in [6.45, 7) is 7.49. The number of hydrogen-bond donors (Lipinski definition) is 4. The summed E-state index contributed by atoms with van der Waals surface area (Å²) in [5.41, 5.74) is 10.2. The number of carboxylic acids is 1. The normalized spacial score (nSPS) is 20.3. The van der Waals surface area contributed by atoms with Crippen LogP contribution in [0.15, 0.2) is 60.9 Å².